The number of nitrogens with one attached hydrogen (secondary N) is 2. The van der Waals surface area contributed by atoms with Gasteiger partial charge in [0.05, 0.1) is 12.8 Å². The monoisotopic (exact) mass is 343 g/mol. The highest BCUT2D eigenvalue weighted by Crippen LogP contribution is 2.22. The second kappa shape index (κ2) is 7.52. The van der Waals surface area contributed by atoms with E-state index in [2.05, 4.69) is 25.8 Å². The van der Waals surface area contributed by atoms with Crippen molar-refractivity contribution in [2.75, 3.05) is 17.2 Å². The number of ether oxygens (including phenoxy) is 1. The Hall–Kier alpha value is -3.29. The maximum atomic E-state index is 13.7. The number of hydrogen-bond donors (Lipinski definition) is 2. The van der Waals surface area contributed by atoms with Crippen LogP contribution in [0.2, 0.25) is 0 Å². The van der Waals surface area contributed by atoms with Crippen molar-refractivity contribution >= 4 is 23.1 Å². The van der Waals surface area contributed by atoms with Gasteiger partial charge in [0.25, 0.3) is 0 Å². The van der Waals surface area contributed by atoms with E-state index in [9.17, 15) is 8.78 Å². The second-order valence-electron chi connectivity index (χ2n) is 4.97. The Morgan fingerprint density at radius 2 is 1.72 bits per heavy atom. The Kier molecular flexibility index (Phi) is 4.98. The molecule has 0 radical (unpaired) electrons. The van der Waals surface area contributed by atoms with Gasteiger partial charge in [0.15, 0.2) is 5.82 Å². The second-order valence-corrected chi connectivity index (χ2v) is 4.97. The molecule has 2 N–H and O–H groups in total. The van der Waals surface area contributed by atoms with E-state index in [0.29, 0.717) is 12.4 Å². The minimum atomic E-state index is -0.742. The van der Waals surface area contributed by atoms with Gasteiger partial charge >= 0.3 is 0 Å². The molecular formula is C17H15F2N5O. The molecule has 1 heterocycles. The van der Waals surface area contributed by atoms with Crippen molar-refractivity contribution in [2.24, 2.45) is 0 Å². The van der Waals surface area contributed by atoms with Gasteiger partial charge in [-0.2, -0.15) is 10.1 Å². The zero-order valence-electron chi connectivity index (χ0n) is 13.3. The first-order chi connectivity index (χ1) is 12.2. The molecule has 1 aromatic heterocycles. The first-order valence-corrected chi connectivity index (χ1v) is 7.56. The van der Waals surface area contributed by atoms with Gasteiger partial charge in [0.2, 0.25) is 5.95 Å². The van der Waals surface area contributed by atoms with Crippen molar-refractivity contribution < 1.29 is 13.5 Å². The highest BCUT2D eigenvalue weighted by atomic mass is 19.1. The van der Waals surface area contributed by atoms with Crippen LogP contribution in [0.25, 0.3) is 0 Å². The molecule has 0 aliphatic rings. The van der Waals surface area contributed by atoms with Crippen LogP contribution in [0.1, 0.15) is 6.92 Å². The molecule has 3 rings (SSSR count). The molecule has 0 atom stereocenters. The van der Waals surface area contributed by atoms with Crippen molar-refractivity contribution in [1.29, 1.82) is 0 Å². The van der Waals surface area contributed by atoms with Crippen LogP contribution in [0.4, 0.5) is 31.9 Å². The van der Waals surface area contributed by atoms with Crippen molar-refractivity contribution in [1.82, 2.24) is 15.2 Å². The quantitative estimate of drug-likeness (QED) is 0.704. The molecule has 0 saturated heterocycles. The van der Waals surface area contributed by atoms with Gasteiger partial charge in [0, 0.05) is 5.69 Å². The predicted molar refractivity (Wildman–Crippen MR) is 90.4 cm³/mol. The fourth-order valence-corrected chi connectivity index (χ4v) is 2.09. The third kappa shape index (κ3) is 4.17. The van der Waals surface area contributed by atoms with Gasteiger partial charge in [-0.15, -0.1) is 5.10 Å². The van der Waals surface area contributed by atoms with E-state index in [4.69, 9.17) is 4.74 Å². The van der Waals surface area contributed by atoms with Crippen LogP contribution >= 0.6 is 0 Å². The summed E-state index contributed by atoms with van der Waals surface area (Å²) >= 11 is 0. The summed E-state index contributed by atoms with van der Waals surface area (Å²) in [6.07, 6.45) is 1.40. The summed E-state index contributed by atoms with van der Waals surface area (Å²) in [5.74, 6) is -0.383. The molecule has 3 aromatic rings. The summed E-state index contributed by atoms with van der Waals surface area (Å²) in [6.45, 7) is 2.50. The molecule has 0 amide bonds. The number of halogens is 2. The first kappa shape index (κ1) is 16.6. The molecule has 0 saturated carbocycles. The van der Waals surface area contributed by atoms with Crippen molar-refractivity contribution in [3.8, 4) is 5.75 Å². The van der Waals surface area contributed by atoms with Gasteiger partial charge in [-0.1, -0.05) is 6.07 Å². The lowest BCUT2D eigenvalue weighted by Crippen LogP contribution is -2.04. The lowest BCUT2D eigenvalue weighted by atomic mass is 10.3. The summed E-state index contributed by atoms with van der Waals surface area (Å²) in [5.41, 5.74) is 0.425. The number of nitrogens with zero attached hydrogens (tertiary/aromatic N) is 3. The Balaban J connectivity index is 1.75. The average molecular weight is 343 g/mol. The topological polar surface area (TPSA) is 72.0 Å². The average Bonchev–Trinajstić information content (AvgIpc) is 2.61. The van der Waals surface area contributed by atoms with Crippen LogP contribution in [0, 0.1) is 11.6 Å². The van der Waals surface area contributed by atoms with Crippen LogP contribution in [-0.2, 0) is 0 Å². The highest BCUT2D eigenvalue weighted by molar-refractivity contribution is 5.59. The third-order valence-corrected chi connectivity index (χ3v) is 3.20. The Bertz CT molecular complexity index is 838. The molecule has 0 aliphatic carbocycles. The van der Waals surface area contributed by atoms with E-state index in [1.54, 1.807) is 0 Å². The molecule has 128 valence electrons. The Morgan fingerprint density at radius 3 is 2.40 bits per heavy atom. The number of rotatable bonds is 6. The number of aromatic nitrogens is 3. The fraction of sp³-hybridized carbons (Fsp3) is 0.118. The van der Waals surface area contributed by atoms with Gasteiger partial charge < -0.3 is 15.4 Å². The molecule has 25 heavy (non-hydrogen) atoms. The number of anilines is 4. The first-order valence-electron chi connectivity index (χ1n) is 7.56. The standard InChI is InChI=1S/C17H15F2N5O/c1-2-25-12-8-6-11(7-9-12)21-15-10-20-24-17(22-15)23-16-13(18)4-3-5-14(16)19/h3-10H,2H2,1H3,(H2,21,22,23,24). The molecular weight excluding hydrogens is 328 g/mol. The van der Waals surface area contributed by atoms with E-state index in [1.165, 1.54) is 12.3 Å². The lowest BCUT2D eigenvalue weighted by molar-refractivity contribution is 0.340. The van der Waals surface area contributed by atoms with Crippen molar-refractivity contribution in [3.05, 3.63) is 60.3 Å². The van der Waals surface area contributed by atoms with E-state index >= 15 is 0 Å². The molecule has 0 unspecified atom stereocenters. The molecule has 6 nitrogen and oxygen atoms in total. The van der Waals surface area contributed by atoms with Crippen molar-refractivity contribution in [3.63, 3.8) is 0 Å². The van der Waals surface area contributed by atoms with Crippen LogP contribution in [-0.4, -0.2) is 21.8 Å². The summed E-state index contributed by atoms with van der Waals surface area (Å²) in [6, 6.07) is 10.8. The minimum Gasteiger partial charge on any atom is -0.494 e. The summed E-state index contributed by atoms with van der Waals surface area (Å²) in [4.78, 5) is 4.14. The number of para-hydroxylation sites is 1. The Labute approximate surface area is 142 Å². The molecule has 0 spiro atoms. The summed E-state index contributed by atoms with van der Waals surface area (Å²) in [7, 11) is 0. The van der Waals surface area contributed by atoms with Gasteiger partial charge in [-0.05, 0) is 43.3 Å². The van der Waals surface area contributed by atoms with Crippen LogP contribution in [0.15, 0.2) is 48.7 Å². The molecule has 0 fully saturated rings. The zero-order valence-corrected chi connectivity index (χ0v) is 13.3. The number of benzene rings is 2. The summed E-state index contributed by atoms with van der Waals surface area (Å²) < 4.78 is 32.7. The maximum absolute atomic E-state index is 13.7. The van der Waals surface area contributed by atoms with Gasteiger partial charge in [-0.25, -0.2) is 8.78 Å². The lowest BCUT2D eigenvalue weighted by Gasteiger charge is -2.09. The number of hydrogen-bond acceptors (Lipinski definition) is 6. The normalized spacial score (nSPS) is 10.4. The maximum Gasteiger partial charge on any atom is 0.249 e. The largest absolute Gasteiger partial charge is 0.494 e. The van der Waals surface area contributed by atoms with Crippen LogP contribution in [0.3, 0.4) is 0 Å². The zero-order chi connectivity index (χ0) is 17.6. The van der Waals surface area contributed by atoms with Gasteiger partial charge in [-0.3, -0.25) is 0 Å². The minimum absolute atomic E-state index is 0.0278. The predicted octanol–water partition coefficient (Wildman–Crippen LogP) is 4.04. The van der Waals surface area contributed by atoms with E-state index < -0.39 is 11.6 Å². The molecule has 0 bridgehead atoms. The third-order valence-electron chi connectivity index (χ3n) is 3.20. The van der Waals surface area contributed by atoms with Crippen molar-refractivity contribution in [2.45, 2.75) is 6.92 Å². The SMILES string of the molecule is CCOc1ccc(Nc2cnnc(Nc3c(F)cccc3F)n2)cc1. The van der Waals surface area contributed by atoms with E-state index in [0.717, 1.165) is 23.6 Å². The van der Waals surface area contributed by atoms with Crippen LogP contribution in [0.5, 0.6) is 5.75 Å². The fourth-order valence-electron chi connectivity index (χ4n) is 2.09. The summed E-state index contributed by atoms with van der Waals surface area (Å²) in [5, 5.41) is 13.0. The molecule has 0 aliphatic heterocycles. The van der Waals surface area contributed by atoms with E-state index in [-0.39, 0.29) is 11.6 Å². The van der Waals surface area contributed by atoms with E-state index in [1.807, 2.05) is 31.2 Å². The molecule has 8 heteroatoms. The smallest absolute Gasteiger partial charge is 0.249 e. The van der Waals surface area contributed by atoms with Gasteiger partial charge in [0.1, 0.15) is 23.1 Å². The van der Waals surface area contributed by atoms with Crippen LogP contribution < -0.4 is 15.4 Å². The molecule has 2 aromatic carbocycles. The highest BCUT2D eigenvalue weighted by Gasteiger charge is 2.10. The Morgan fingerprint density at radius 1 is 1.00 bits per heavy atom.